The van der Waals surface area contributed by atoms with Gasteiger partial charge in [0.2, 0.25) is 0 Å². The van der Waals surface area contributed by atoms with Gasteiger partial charge in [0.25, 0.3) is 0 Å². The Morgan fingerprint density at radius 2 is 0.541 bits per heavy atom. The van der Waals surface area contributed by atoms with Crippen molar-refractivity contribution in [2.45, 2.75) is 266 Å². The molecule has 10 saturated heterocycles. The van der Waals surface area contributed by atoms with E-state index in [0.29, 0.717) is 49.2 Å². The average Bonchev–Trinajstić information content (AvgIpc) is 0.810. The molecule has 604 valence electrons. The van der Waals surface area contributed by atoms with Crippen LogP contribution in [0.4, 0.5) is 41.9 Å². The van der Waals surface area contributed by atoms with Gasteiger partial charge in [-0.1, -0.05) is 6.07 Å². The van der Waals surface area contributed by atoms with E-state index in [1.54, 1.807) is 24.5 Å². The van der Waals surface area contributed by atoms with Crippen LogP contribution in [0.25, 0.3) is 0 Å². The van der Waals surface area contributed by atoms with Crippen LogP contribution in [0.2, 0.25) is 0 Å². The first-order chi connectivity index (χ1) is 51.5. The number of benzene rings is 1. The third kappa shape index (κ3) is 22.9. The molecule has 10 aliphatic rings. The zero-order valence-electron chi connectivity index (χ0n) is 70.6. The Morgan fingerprint density at radius 1 is 0.248 bits per heavy atom. The van der Waals surface area contributed by atoms with Gasteiger partial charge >= 0.3 is 6.18 Å². The molecular formula is C91H144F3N15. The summed E-state index contributed by atoms with van der Waals surface area (Å²) in [5.41, 5.74) is 7.38. The van der Waals surface area contributed by atoms with E-state index < -0.39 is 11.7 Å². The van der Waals surface area contributed by atoms with Crippen LogP contribution in [0, 0.1) is 27.1 Å². The van der Waals surface area contributed by atoms with Gasteiger partial charge in [-0.2, -0.15) is 13.2 Å². The second-order valence-corrected chi connectivity index (χ2v) is 39.9. The molecule has 18 heteroatoms. The maximum absolute atomic E-state index is 12.7. The van der Waals surface area contributed by atoms with E-state index in [1.807, 2.05) is 49.3 Å². The Bertz CT molecular complexity index is 3080. The van der Waals surface area contributed by atoms with Crippen LogP contribution in [0.15, 0.2) is 116 Å². The van der Waals surface area contributed by atoms with Crippen LogP contribution in [0.5, 0.6) is 0 Å². The fraction of sp³-hybridized carbons (Fsp3) is 0.725. The Kier molecular flexibility index (Phi) is 27.4. The van der Waals surface area contributed by atoms with Gasteiger partial charge < -0.3 is 24.5 Å². The lowest BCUT2D eigenvalue weighted by Crippen LogP contribution is -2.51. The first kappa shape index (κ1) is 84.3. The summed E-state index contributed by atoms with van der Waals surface area (Å²) in [5.74, 6) is 2.19. The number of anilines is 5. The summed E-state index contributed by atoms with van der Waals surface area (Å²) < 4.78 is 38.1. The molecule has 10 fully saturated rings. The van der Waals surface area contributed by atoms with E-state index in [4.69, 9.17) is 0 Å². The summed E-state index contributed by atoms with van der Waals surface area (Å²) >= 11 is 0. The van der Waals surface area contributed by atoms with Crippen molar-refractivity contribution >= 4 is 28.7 Å². The van der Waals surface area contributed by atoms with Gasteiger partial charge in [0.1, 0.15) is 11.6 Å². The van der Waals surface area contributed by atoms with Crippen molar-refractivity contribution in [1.29, 1.82) is 0 Å². The first-order valence-electron chi connectivity index (χ1n) is 42.7. The molecule has 5 spiro atoms. The molecule has 109 heavy (non-hydrogen) atoms. The predicted molar refractivity (Wildman–Crippen MR) is 448 cm³/mol. The molecule has 0 amide bonds. The van der Waals surface area contributed by atoms with E-state index in [-0.39, 0.29) is 5.54 Å². The summed E-state index contributed by atoms with van der Waals surface area (Å²) in [4.78, 5) is 46.8. The molecule has 0 radical (unpaired) electrons. The molecule has 4 aromatic heterocycles. The predicted octanol–water partition coefficient (Wildman–Crippen LogP) is 18.8. The van der Waals surface area contributed by atoms with E-state index in [9.17, 15) is 13.2 Å². The normalized spacial score (nSPS) is 23.2. The largest absolute Gasteiger partial charge is 0.416 e. The van der Waals surface area contributed by atoms with Crippen molar-refractivity contribution in [1.82, 2.24) is 49.4 Å². The first-order valence-corrected chi connectivity index (χ1v) is 42.7. The molecule has 0 bridgehead atoms. The smallest absolute Gasteiger partial charge is 0.371 e. The molecule has 0 saturated carbocycles. The number of halogens is 3. The fourth-order valence-electron chi connectivity index (χ4n) is 19.8. The lowest BCUT2D eigenvalue weighted by atomic mass is 9.70. The van der Waals surface area contributed by atoms with Crippen molar-refractivity contribution < 1.29 is 13.2 Å². The number of hydrogen-bond donors (Lipinski definition) is 0. The standard InChI is InChI=1S/C20H29F3N2.3C18H29N3.C17H28N4/c1-18(2,3)25-14-10-19(11-15-25)8-12-24(13-9-19)17-6-4-16(5-7-17)20(21,22)23;1-17(2,3)21-14-8-18(9-15-21)6-12-20(13-7-18)16-4-10-19-11-5-16;1-17(2,3)21-13-8-18(9-14-21)6-11-20(12-7-18)16-5-4-10-19-15-16;1-17(2,3)21-14-9-18(10-15-21)7-12-20(13-8-18)16-6-4-5-11-19-16;1-16(2,3)21-12-6-17(7-13-21)4-10-20(11-5-17)15-14-18-8-9-19-15/h4-7H,8-15H2,1-3H3;4-5,10-11H,6-9,12-15H2,1-3H3;4-5,10,15H,6-9,11-14H2,1-3H3;4-6,11H,7-10,12-15H2,1-3H3;8-9,14H,4-7,10-13H2,1-3H3. The van der Waals surface area contributed by atoms with Crippen LogP contribution >= 0.6 is 0 Å². The van der Waals surface area contributed by atoms with Crippen molar-refractivity contribution in [3.05, 3.63) is 122 Å². The molecule has 14 heterocycles. The van der Waals surface area contributed by atoms with Crippen LogP contribution in [0.3, 0.4) is 0 Å². The Balaban J connectivity index is 0.000000136. The maximum atomic E-state index is 12.7. The average molecular weight is 1510 g/mol. The second-order valence-electron chi connectivity index (χ2n) is 39.9. The van der Waals surface area contributed by atoms with E-state index in [2.05, 4.69) is 208 Å². The SMILES string of the molecule is CC(C)(C)N1CCC2(CCN(c3ccc(C(F)(F)F)cc3)CC2)CC1.CC(C)(C)N1CCC2(CCN(c3ccccn3)CC2)CC1.CC(C)(C)N1CCC2(CCN(c3cccnc3)CC2)CC1.CC(C)(C)N1CCC2(CCN(c3ccncc3)CC2)CC1.CC(C)(C)N1CCC2(CCN(c3cnccn3)CC2)CC1. The summed E-state index contributed by atoms with van der Waals surface area (Å²) in [7, 11) is 0. The summed E-state index contributed by atoms with van der Waals surface area (Å²) in [6.07, 6.45) is 37.2. The van der Waals surface area contributed by atoms with E-state index in [1.165, 1.54) is 231 Å². The monoisotopic (exact) mass is 1500 g/mol. The summed E-state index contributed by atoms with van der Waals surface area (Å²) in [6.45, 7) is 58.7. The highest BCUT2D eigenvalue weighted by Crippen LogP contribution is 2.49. The Labute approximate surface area is 658 Å². The number of likely N-dealkylation sites (tertiary alicyclic amines) is 5. The second kappa shape index (κ2) is 35.4. The lowest BCUT2D eigenvalue weighted by molar-refractivity contribution is -0.137. The highest BCUT2D eigenvalue weighted by molar-refractivity contribution is 5.49. The topological polar surface area (TPSA) is 96.8 Å². The minimum Gasteiger partial charge on any atom is -0.371 e. The minimum absolute atomic E-state index is 0.239. The maximum Gasteiger partial charge on any atom is 0.416 e. The van der Waals surface area contributed by atoms with Gasteiger partial charge in [0.15, 0.2) is 0 Å². The molecule has 15 nitrogen and oxygen atoms in total. The number of hydrogen-bond acceptors (Lipinski definition) is 15. The Morgan fingerprint density at radius 3 is 0.826 bits per heavy atom. The molecule has 5 aromatic rings. The molecule has 0 unspecified atom stereocenters. The van der Waals surface area contributed by atoms with Gasteiger partial charge in [0.05, 0.1) is 23.6 Å². The molecule has 0 atom stereocenters. The molecule has 0 aliphatic carbocycles. The zero-order chi connectivity index (χ0) is 78.0. The lowest BCUT2D eigenvalue weighted by Gasteiger charge is -2.50. The van der Waals surface area contributed by atoms with Gasteiger partial charge in [-0.3, -0.25) is 39.5 Å². The number of rotatable bonds is 5. The van der Waals surface area contributed by atoms with E-state index in [0.717, 1.165) is 69.4 Å². The quantitative estimate of drug-likeness (QED) is 0.167. The number of aromatic nitrogens is 5. The molecule has 15 rings (SSSR count). The fourth-order valence-corrected chi connectivity index (χ4v) is 19.8. The van der Waals surface area contributed by atoms with Gasteiger partial charge in [-0.15, -0.1) is 0 Å². The molecule has 10 aliphatic heterocycles. The zero-order valence-corrected chi connectivity index (χ0v) is 70.6. The van der Waals surface area contributed by atoms with Crippen LogP contribution in [-0.2, 0) is 6.18 Å². The van der Waals surface area contributed by atoms with Gasteiger partial charge in [0, 0.05) is 142 Å². The van der Waals surface area contributed by atoms with Crippen molar-refractivity contribution in [3.63, 3.8) is 0 Å². The number of pyridine rings is 3. The highest BCUT2D eigenvalue weighted by atomic mass is 19.4. The molecule has 1 aromatic carbocycles. The number of piperidine rings is 10. The van der Waals surface area contributed by atoms with Gasteiger partial charge in [-0.25, -0.2) is 9.97 Å². The number of nitrogens with zero attached hydrogens (tertiary/aromatic N) is 15. The van der Waals surface area contributed by atoms with Crippen LogP contribution in [0.1, 0.15) is 238 Å². The highest BCUT2D eigenvalue weighted by Gasteiger charge is 2.46. The number of alkyl halides is 3. The minimum atomic E-state index is -4.26. The van der Waals surface area contributed by atoms with E-state index >= 15 is 0 Å². The van der Waals surface area contributed by atoms with Gasteiger partial charge in [-0.05, 0) is 385 Å². The van der Waals surface area contributed by atoms with Crippen LogP contribution in [-0.4, -0.2) is 208 Å². The third-order valence-electron chi connectivity index (χ3n) is 28.4. The van der Waals surface area contributed by atoms with Crippen molar-refractivity contribution in [2.75, 3.05) is 155 Å². The van der Waals surface area contributed by atoms with Crippen molar-refractivity contribution in [2.24, 2.45) is 27.1 Å². The summed E-state index contributed by atoms with van der Waals surface area (Å²) in [5, 5.41) is 0. The summed E-state index contributed by atoms with van der Waals surface area (Å²) in [6, 6.07) is 20.4. The van der Waals surface area contributed by atoms with Crippen molar-refractivity contribution in [3.8, 4) is 0 Å². The Hall–Kier alpha value is -5.66. The molecular weight excluding hydrogens is 1360 g/mol. The molecule has 0 N–H and O–H groups in total. The third-order valence-corrected chi connectivity index (χ3v) is 28.4. The van der Waals surface area contributed by atoms with Crippen LogP contribution < -0.4 is 24.5 Å².